The van der Waals surface area contributed by atoms with Gasteiger partial charge in [0.1, 0.15) is 0 Å². The van der Waals surface area contributed by atoms with Gasteiger partial charge >= 0.3 is 5.97 Å². The molecule has 8 nitrogen and oxygen atoms in total. The molecule has 1 atom stereocenters. The van der Waals surface area contributed by atoms with Crippen molar-refractivity contribution < 1.29 is 32.2 Å². The highest BCUT2D eigenvalue weighted by Crippen LogP contribution is 2.30. The van der Waals surface area contributed by atoms with Crippen molar-refractivity contribution in [3.63, 3.8) is 0 Å². The van der Waals surface area contributed by atoms with Gasteiger partial charge in [0.15, 0.2) is 27.9 Å². The normalized spacial score (nSPS) is 17.1. The summed E-state index contributed by atoms with van der Waals surface area (Å²) in [5.41, 5.74) is 2.18. The maximum absolute atomic E-state index is 12.8. The van der Waals surface area contributed by atoms with E-state index < -0.39 is 22.4 Å². The van der Waals surface area contributed by atoms with Crippen LogP contribution >= 0.6 is 0 Å². The number of esters is 1. The summed E-state index contributed by atoms with van der Waals surface area (Å²) in [5, 5.41) is 0. The lowest BCUT2D eigenvalue weighted by molar-refractivity contribution is 0.0474. The van der Waals surface area contributed by atoms with Gasteiger partial charge in [-0.1, -0.05) is 13.8 Å². The Bertz CT molecular complexity index is 1160. The smallest absolute Gasteiger partial charge is 0.338 e. The number of Topliss-reactive ketones (excluding diaryl/α,β-unsaturated/α-hetero) is 1. The first-order chi connectivity index (χ1) is 16.0. The lowest BCUT2D eigenvalue weighted by Gasteiger charge is -2.16. The SMILES string of the molecule is COc1cc(C(=O)OCC(=O)c2cc(C)n(C3CCS(=O)(=O)C3)c2C)ccc1OCCC(C)C. The number of aromatic nitrogens is 1. The maximum atomic E-state index is 12.8. The Hall–Kier alpha value is -2.81. The summed E-state index contributed by atoms with van der Waals surface area (Å²) in [6, 6.07) is 6.31. The molecule has 9 heteroatoms. The van der Waals surface area contributed by atoms with Crippen LogP contribution in [0.1, 0.15) is 64.8 Å². The van der Waals surface area contributed by atoms with E-state index in [0.29, 0.717) is 41.7 Å². The van der Waals surface area contributed by atoms with E-state index in [1.807, 2.05) is 11.5 Å². The van der Waals surface area contributed by atoms with Gasteiger partial charge in [0.25, 0.3) is 0 Å². The zero-order valence-electron chi connectivity index (χ0n) is 20.4. The number of hydrogen-bond donors (Lipinski definition) is 0. The molecule has 0 amide bonds. The number of sulfone groups is 1. The van der Waals surface area contributed by atoms with E-state index in [9.17, 15) is 18.0 Å². The summed E-state index contributed by atoms with van der Waals surface area (Å²) in [4.78, 5) is 25.4. The summed E-state index contributed by atoms with van der Waals surface area (Å²) in [6.07, 6.45) is 1.42. The average molecular weight is 492 g/mol. The fourth-order valence-electron chi connectivity index (χ4n) is 4.21. The van der Waals surface area contributed by atoms with Gasteiger partial charge in [-0.05, 0) is 56.9 Å². The Morgan fingerprint density at radius 1 is 1.15 bits per heavy atom. The molecule has 1 unspecified atom stereocenters. The molecule has 0 spiro atoms. The number of ketones is 1. The Balaban J connectivity index is 1.65. The molecule has 3 rings (SSSR count). The van der Waals surface area contributed by atoms with Crippen LogP contribution in [-0.2, 0) is 14.6 Å². The topological polar surface area (TPSA) is 101 Å². The van der Waals surface area contributed by atoms with Crippen LogP contribution in [0.4, 0.5) is 0 Å². The van der Waals surface area contributed by atoms with Gasteiger partial charge in [0.05, 0.1) is 30.8 Å². The maximum Gasteiger partial charge on any atom is 0.338 e. The summed E-state index contributed by atoms with van der Waals surface area (Å²) >= 11 is 0. The third-order valence-corrected chi connectivity index (χ3v) is 7.80. The fourth-order valence-corrected chi connectivity index (χ4v) is 5.91. The monoisotopic (exact) mass is 491 g/mol. The van der Waals surface area contributed by atoms with Crippen LogP contribution < -0.4 is 9.47 Å². The van der Waals surface area contributed by atoms with E-state index in [2.05, 4.69) is 13.8 Å². The third kappa shape index (κ3) is 6.00. The Kier molecular flexibility index (Phi) is 8.07. The molecular weight excluding hydrogens is 458 g/mol. The summed E-state index contributed by atoms with van der Waals surface area (Å²) < 4.78 is 42.0. The van der Waals surface area contributed by atoms with Crippen LogP contribution in [0, 0.1) is 19.8 Å². The van der Waals surface area contributed by atoms with Crippen molar-refractivity contribution in [1.29, 1.82) is 0 Å². The van der Waals surface area contributed by atoms with Crippen molar-refractivity contribution in [3.05, 3.63) is 46.8 Å². The molecule has 0 radical (unpaired) electrons. The van der Waals surface area contributed by atoms with Crippen molar-refractivity contribution in [2.45, 2.75) is 46.6 Å². The standard InChI is InChI=1S/C25H33NO7S/c1-16(2)8-10-32-23-7-6-19(13-24(23)31-5)25(28)33-14-22(27)21-12-17(3)26(18(21)4)20-9-11-34(29,30)15-20/h6-7,12-13,16,20H,8-11,14-15H2,1-5H3. The molecule has 1 aromatic heterocycles. The first-order valence-electron chi connectivity index (χ1n) is 11.4. The number of carbonyl (C=O) groups excluding carboxylic acids is 2. The minimum atomic E-state index is -3.05. The zero-order valence-corrected chi connectivity index (χ0v) is 21.2. The molecule has 0 N–H and O–H groups in total. The average Bonchev–Trinajstić information content (AvgIpc) is 3.28. The first-order valence-corrected chi connectivity index (χ1v) is 13.2. The molecule has 1 aliphatic rings. The van der Waals surface area contributed by atoms with Crippen molar-refractivity contribution >= 4 is 21.6 Å². The van der Waals surface area contributed by atoms with Gasteiger partial charge in [-0.25, -0.2) is 13.2 Å². The number of nitrogens with zero attached hydrogens (tertiary/aromatic N) is 1. The van der Waals surface area contributed by atoms with Crippen molar-refractivity contribution in [3.8, 4) is 11.5 Å². The van der Waals surface area contributed by atoms with Gasteiger partial charge in [-0.3, -0.25) is 4.79 Å². The molecule has 1 aromatic carbocycles. The molecule has 2 aromatic rings. The lowest BCUT2D eigenvalue weighted by atomic mass is 10.1. The van der Waals surface area contributed by atoms with Gasteiger partial charge in [0.2, 0.25) is 5.78 Å². The third-order valence-electron chi connectivity index (χ3n) is 6.04. The van der Waals surface area contributed by atoms with Crippen LogP contribution in [0.25, 0.3) is 0 Å². The van der Waals surface area contributed by atoms with Crippen LogP contribution in [0.15, 0.2) is 24.3 Å². The molecule has 186 valence electrons. The number of ether oxygens (including phenoxy) is 3. The van der Waals surface area contributed by atoms with Crippen LogP contribution in [0.5, 0.6) is 11.5 Å². The van der Waals surface area contributed by atoms with E-state index in [4.69, 9.17) is 14.2 Å². The van der Waals surface area contributed by atoms with Crippen LogP contribution in [-0.4, -0.2) is 56.6 Å². The molecular formula is C25H33NO7S. The number of rotatable bonds is 10. The number of methoxy groups -OCH3 is 1. The van der Waals surface area contributed by atoms with Gasteiger partial charge in [0, 0.05) is 23.0 Å². The highest BCUT2D eigenvalue weighted by Gasteiger charge is 2.31. The first kappa shape index (κ1) is 25.8. The second-order valence-corrected chi connectivity index (χ2v) is 11.3. The molecule has 1 fully saturated rings. The number of carbonyl (C=O) groups is 2. The van der Waals surface area contributed by atoms with E-state index in [1.54, 1.807) is 25.1 Å². The highest BCUT2D eigenvalue weighted by molar-refractivity contribution is 7.91. The van der Waals surface area contributed by atoms with E-state index in [0.717, 1.165) is 12.1 Å². The Labute approximate surface area is 201 Å². The number of benzene rings is 1. The minimum absolute atomic E-state index is 0.0744. The minimum Gasteiger partial charge on any atom is -0.493 e. The van der Waals surface area contributed by atoms with Gasteiger partial charge in [-0.2, -0.15) is 0 Å². The van der Waals surface area contributed by atoms with Gasteiger partial charge < -0.3 is 18.8 Å². The van der Waals surface area contributed by atoms with Crippen molar-refractivity contribution in [2.75, 3.05) is 31.8 Å². The van der Waals surface area contributed by atoms with E-state index >= 15 is 0 Å². The molecule has 0 aliphatic carbocycles. The van der Waals surface area contributed by atoms with E-state index in [1.165, 1.54) is 13.2 Å². The summed E-state index contributed by atoms with van der Waals surface area (Å²) in [7, 11) is -1.56. The fraction of sp³-hybridized carbons (Fsp3) is 0.520. The highest BCUT2D eigenvalue weighted by atomic mass is 32.2. The molecule has 34 heavy (non-hydrogen) atoms. The summed E-state index contributed by atoms with van der Waals surface area (Å²) in [6.45, 7) is 7.97. The van der Waals surface area contributed by atoms with Crippen LogP contribution in [0.3, 0.4) is 0 Å². The molecule has 0 bridgehead atoms. The zero-order chi connectivity index (χ0) is 25.0. The van der Waals surface area contributed by atoms with Crippen molar-refractivity contribution in [1.82, 2.24) is 4.57 Å². The van der Waals surface area contributed by atoms with E-state index in [-0.39, 0.29) is 28.9 Å². The predicted octanol–water partition coefficient (Wildman–Crippen LogP) is 3.94. The molecule has 2 heterocycles. The Morgan fingerprint density at radius 3 is 2.50 bits per heavy atom. The molecule has 0 saturated carbocycles. The molecule has 1 aliphatic heterocycles. The lowest BCUT2D eigenvalue weighted by Crippen LogP contribution is -2.17. The Morgan fingerprint density at radius 2 is 1.88 bits per heavy atom. The van der Waals surface area contributed by atoms with Crippen molar-refractivity contribution in [2.24, 2.45) is 5.92 Å². The van der Waals surface area contributed by atoms with Crippen LogP contribution in [0.2, 0.25) is 0 Å². The second kappa shape index (κ2) is 10.6. The molecule has 1 saturated heterocycles. The predicted molar refractivity (Wildman–Crippen MR) is 129 cm³/mol. The second-order valence-electron chi connectivity index (χ2n) is 9.11. The number of hydrogen-bond acceptors (Lipinski definition) is 7. The van der Waals surface area contributed by atoms with Gasteiger partial charge in [-0.15, -0.1) is 0 Å². The largest absolute Gasteiger partial charge is 0.493 e. The summed E-state index contributed by atoms with van der Waals surface area (Å²) in [5.74, 6) is 0.710. The number of aryl methyl sites for hydroxylation is 1. The quantitative estimate of drug-likeness (QED) is 0.366.